The Balaban J connectivity index is 1.37. The van der Waals surface area contributed by atoms with Gasteiger partial charge in [0.1, 0.15) is 5.82 Å². The van der Waals surface area contributed by atoms with E-state index in [0.29, 0.717) is 22.8 Å². The van der Waals surface area contributed by atoms with Crippen molar-refractivity contribution in [3.05, 3.63) is 89.1 Å². The number of nitrogens with zero attached hydrogens (tertiary/aromatic N) is 3. The zero-order valence-electron chi connectivity index (χ0n) is 18.0. The van der Waals surface area contributed by atoms with Gasteiger partial charge in [0.15, 0.2) is 0 Å². The number of carbonyl (C=O) groups is 1. The number of hydrogen-bond donors (Lipinski definition) is 1. The summed E-state index contributed by atoms with van der Waals surface area (Å²) >= 11 is 6.39. The summed E-state index contributed by atoms with van der Waals surface area (Å²) in [5.74, 6) is 0.761. The van der Waals surface area contributed by atoms with E-state index in [9.17, 15) is 4.79 Å². The lowest BCUT2D eigenvalue weighted by Gasteiger charge is -2.27. The number of benzene rings is 2. The van der Waals surface area contributed by atoms with Gasteiger partial charge < -0.3 is 15.0 Å². The number of rotatable bonds is 5. The van der Waals surface area contributed by atoms with Gasteiger partial charge in [-0.15, -0.1) is 0 Å². The molecular formula is C26H23ClN4O2. The van der Waals surface area contributed by atoms with E-state index in [4.69, 9.17) is 21.3 Å². The highest BCUT2D eigenvalue weighted by atomic mass is 35.5. The van der Waals surface area contributed by atoms with Crippen LogP contribution < -0.4 is 10.2 Å². The van der Waals surface area contributed by atoms with Gasteiger partial charge in [-0.05, 0) is 29.8 Å². The summed E-state index contributed by atoms with van der Waals surface area (Å²) in [7, 11) is 0. The number of ether oxygens (including phenoxy) is 1. The molecule has 6 nitrogen and oxygen atoms in total. The average molecular weight is 459 g/mol. The molecule has 1 aliphatic rings. The van der Waals surface area contributed by atoms with E-state index in [1.165, 1.54) is 0 Å². The number of fused-ring (bicyclic) bond motifs is 1. The topological polar surface area (TPSA) is 67.4 Å². The SMILES string of the molecule is O=C(NCc1ccc(N2CCOCC2)nc1)c1cc(-c2ccccc2Cl)nc2ccccc12. The molecule has 0 atom stereocenters. The number of morpholine rings is 1. The van der Waals surface area contributed by atoms with Gasteiger partial charge in [0, 0.05) is 41.8 Å². The quantitative estimate of drug-likeness (QED) is 0.469. The minimum atomic E-state index is -0.167. The van der Waals surface area contributed by atoms with Crippen LogP contribution in [0.3, 0.4) is 0 Å². The van der Waals surface area contributed by atoms with Crippen molar-refractivity contribution >= 4 is 34.2 Å². The van der Waals surface area contributed by atoms with Crippen molar-refractivity contribution in [3.8, 4) is 11.3 Å². The number of halogens is 1. The van der Waals surface area contributed by atoms with Gasteiger partial charge in [0.25, 0.3) is 5.91 Å². The molecule has 1 amide bonds. The van der Waals surface area contributed by atoms with E-state index >= 15 is 0 Å². The summed E-state index contributed by atoms with van der Waals surface area (Å²) in [5, 5.41) is 4.42. The Kier molecular flexibility index (Phi) is 6.19. The predicted octanol–water partition coefficient (Wildman–Crippen LogP) is 4.72. The van der Waals surface area contributed by atoms with Crippen LogP contribution in [0.25, 0.3) is 22.2 Å². The molecule has 0 aliphatic carbocycles. The average Bonchev–Trinajstić information content (AvgIpc) is 2.88. The standard InChI is InChI=1S/C26H23ClN4O2/c27-22-7-3-1-6-20(22)24-15-21(19-5-2-4-8-23(19)30-24)26(32)29-17-18-9-10-25(28-16-18)31-11-13-33-14-12-31/h1-10,15-16H,11-14,17H2,(H,29,32). The van der Waals surface area contributed by atoms with E-state index in [0.717, 1.165) is 54.2 Å². The minimum absolute atomic E-state index is 0.167. The number of carbonyl (C=O) groups excluding carboxylic acids is 1. The van der Waals surface area contributed by atoms with Crippen molar-refractivity contribution in [2.45, 2.75) is 6.54 Å². The summed E-state index contributed by atoms with van der Waals surface area (Å²) in [4.78, 5) is 24.7. The van der Waals surface area contributed by atoms with Crippen molar-refractivity contribution < 1.29 is 9.53 Å². The number of amides is 1. The van der Waals surface area contributed by atoms with Gasteiger partial charge in [-0.1, -0.05) is 54.1 Å². The van der Waals surface area contributed by atoms with E-state index in [1.807, 2.05) is 66.9 Å². The van der Waals surface area contributed by atoms with E-state index in [2.05, 4.69) is 15.2 Å². The zero-order chi connectivity index (χ0) is 22.6. The fraction of sp³-hybridized carbons (Fsp3) is 0.192. The summed E-state index contributed by atoms with van der Waals surface area (Å²) in [6.07, 6.45) is 1.81. The van der Waals surface area contributed by atoms with Gasteiger partial charge in [0.05, 0.1) is 30.0 Å². The molecule has 0 spiro atoms. The Hall–Kier alpha value is -3.48. The molecule has 166 valence electrons. The Labute approximate surface area is 197 Å². The Bertz CT molecular complexity index is 1290. The Morgan fingerprint density at radius 3 is 2.61 bits per heavy atom. The van der Waals surface area contributed by atoms with E-state index < -0.39 is 0 Å². The van der Waals surface area contributed by atoms with Crippen molar-refractivity contribution in [1.82, 2.24) is 15.3 Å². The molecule has 1 N–H and O–H groups in total. The van der Waals surface area contributed by atoms with Crippen LogP contribution in [-0.2, 0) is 11.3 Å². The predicted molar refractivity (Wildman–Crippen MR) is 131 cm³/mol. The van der Waals surface area contributed by atoms with Gasteiger partial charge in [-0.2, -0.15) is 0 Å². The summed E-state index contributed by atoms with van der Waals surface area (Å²) < 4.78 is 5.40. The molecule has 0 saturated carbocycles. The van der Waals surface area contributed by atoms with Crippen molar-refractivity contribution in [2.24, 2.45) is 0 Å². The number of para-hydroxylation sites is 1. The fourth-order valence-electron chi connectivity index (χ4n) is 3.95. The maximum absolute atomic E-state index is 13.2. The summed E-state index contributed by atoms with van der Waals surface area (Å²) in [5.41, 5.74) is 3.71. The fourth-order valence-corrected chi connectivity index (χ4v) is 4.18. The Morgan fingerprint density at radius 1 is 1.03 bits per heavy atom. The molecule has 2 aromatic heterocycles. The number of pyridine rings is 2. The highest BCUT2D eigenvalue weighted by molar-refractivity contribution is 6.33. The van der Waals surface area contributed by atoms with Crippen molar-refractivity contribution in [2.75, 3.05) is 31.2 Å². The largest absolute Gasteiger partial charge is 0.378 e. The van der Waals surface area contributed by atoms with Crippen LogP contribution >= 0.6 is 11.6 Å². The minimum Gasteiger partial charge on any atom is -0.378 e. The second-order valence-electron chi connectivity index (χ2n) is 7.86. The third kappa shape index (κ3) is 4.67. The normalized spacial score (nSPS) is 13.8. The lowest BCUT2D eigenvalue weighted by atomic mass is 10.0. The molecule has 1 aliphatic heterocycles. The second-order valence-corrected chi connectivity index (χ2v) is 8.27. The van der Waals surface area contributed by atoms with Crippen molar-refractivity contribution in [3.63, 3.8) is 0 Å². The third-order valence-corrected chi connectivity index (χ3v) is 6.04. The molecule has 3 heterocycles. The van der Waals surface area contributed by atoms with Crippen LogP contribution in [-0.4, -0.2) is 42.2 Å². The molecule has 0 radical (unpaired) electrons. The van der Waals surface area contributed by atoms with Crippen LogP contribution in [0.2, 0.25) is 5.02 Å². The first kappa shape index (κ1) is 21.4. The molecule has 5 rings (SSSR count). The molecule has 4 aromatic rings. The number of anilines is 1. The summed E-state index contributed by atoms with van der Waals surface area (Å²) in [6.45, 7) is 3.50. The molecule has 1 fully saturated rings. The second kappa shape index (κ2) is 9.57. The lowest BCUT2D eigenvalue weighted by Crippen LogP contribution is -2.36. The highest BCUT2D eigenvalue weighted by Crippen LogP contribution is 2.29. The molecule has 33 heavy (non-hydrogen) atoms. The smallest absolute Gasteiger partial charge is 0.252 e. The number of hydrogen-bond acceptors (Lipinski definition) is 5. The van der Waals surface area contributed by atoms with Crippen LogP contribution in [0.4, 0.5) is 5.82 Å². The van der Waals surface area contributed by atoms with Gasteiger partial charge >= 0.3 is 0 Å². The maximum atomic E-state index is 13.2. The monoisotopic (exact) mass is 458 g/mol. The number of aromatic nitrogens is 2. The van der Waals surface area contributed by atoms with Gasteiger partial charge in [-0.3, -0.25) is 4.79 Å². The van der Waals surface area contributed by atoms with Gasteiger partial charge in [-0.25, -0.2) is 9.97 Å². The lowest BCUT2D eigenvalue weighted by molar-refractivity contribution is 0.0952. The maximum Gasteiger partial charge on any atom is 0.252 e. The first-order valence-electron chi connectivity index (χ1n) is 10.9. The van der Waals surface area contributed by atoms with Gasteiger partial charge in [0.2, 0.25) is 0 Å². The van der Waals surface area contributed by atoms with Crippen LogP contribution in [0.1, 0.15) is 15.9 Å². The highest BCUT2D eigenvalue weighted by Gasteiger charge is 2.16. The molecule has 2 aromatic carbocycles. The first-order chi connectivity index (χ1) is 16.2. The first-order valence-corrected chi connectivity index (χ1v) is 11.3. The summed E-state index contributed by atoms with van der Waals surface area (Å²) in [6, 6.07) is 20.9. The zero-order valence-corrected chi connectivity index (χ0v) is 18.8. The van der Waals surface area contributed by atoms with Crippen LogP contribution in [0.5, 0.6) is 0 Å². The Morgan fingerprint density at radius 2 is 1.82 bits per heavy atom. The number of nitrogens with one attached hydrogen (secondary N) is 1. The van der Waals surface area contributed by atoms with Crippen LogP contribution in [0.15, 0.2) is 72.9 Å². The van der Waals surface area contributed by atoms with E-state index in [1.54, 1.807) is 6.07 Å². The molecule has 0 bridgehead atoms. The van der Waals surface area contributed by atoms with Crippen molar-refractivity contribution in [1.29, 1.82) is 0 Å². The molecule has 1 saturated heterocycles. The molecule has 0 unspecified atom stereocenters. The molecular weight excluding hydrogens is 436 g/mol. The molecule has 7 heteroatoms. The van der Waals surface area contributed by atoms with Crippen LogP contribution in [0, 0.1) is 0 Å². The van der Waals surface area contributed by atoms with E-state index in [-0.39, 0.29) is 5.91 Å². The third-order valence-electron chi connectivity index (χ3n) is 5.71.